The van der Waals surface area contributed by atoms with Gasteiger partial charge in [0.15, 0.2) is 17.3 Å². The number of rotatable bonds is 6. The highest BCUT2D eigenvalue weighted by atomic mass is 32.2. The Labute approximate surface area is 223 Å². The van der Waals surface area contributed by atoms with Crippen molar-refractivity contribution < 1.29 is 25.9 Å². The lowest BCUT2D eigenvalue weighted by atomic mass is 9.91. The zero-order valence-electron chi connectivity index (χ0n) is 20.7. The van der Waals surface area contributed by atoms with Crippen LogP contribution >= 0.6 is 0 Å². The van der Waals surface area contributed by atoms with E-state index in [0.29, 0.717) is 11.4 Å². The van der Waals surface area contributed by atoms with E-state index >= 15 is 0 Å². The third kappa shape index (κ3) is 5.42. The maximum atomic E-state index is 12.1. The number of hydrogen-bond acceptors (Lipinski definition) is 9. The molecule has 4 aromatic rings. The Morgan fingerprint density at radius 3 is 2.21 bits per heavy atom. The molecular weight excluding hydrogens is 548 g/mol. The normalized spacial score (nSPS) is 12.6. The Bertz CT molecular complexity index is 1860. The molecular formula is C23H22N8O6S2. The smallest absolute Gasteiger partial charge is 0.296 e. The minimum absolute atomic E-state index is 0.136. The number of anilines is 1. The van der Waals surface area contributed by atoms with Gasteiger partial charge in [-0.3, -0.25) is 9.11 Å². The molecule has 0 spiro atoms. The van der Waals surface area contributed by atoms with Crippen molar-refractivity contribution >= 4 is 43.2 Å². The van der Waals surface area contributed by atoms with E-state index in [0.717, 1.165) is 29.1 Å². The fourth-order valence-corrected chi connectivity index (χ4v) is 4.76. The van der Waals surface area contributed by atoms with Gasteiger partial charge in [0, 0.05) is 5.41 Å². The van der Waals surface area contributed by atoms with Gasteiger partial charge in [-0.1, -0.05) is 39.0 Å². The lowest BCUT2D eigenvalue weighted by Gasteiger charge is -2.15. The van der Waals surface area contributed by atoms with Crippen LogP contribution in [0.5, 0.6) is 0 Å². The zero-order valence-corrected chi connectivity index (χ0v) is 22.4. The van der Waals surface area contributed by atoms with Crippen molar-refractivity contribution in [2.24, 2.45) is 10.2 Å². The Hall–Kier alpha value is -4.43. The lowest BCUT2D eigenvalue weighted by Crippen LogP contribution is -2.13. The molecule has 0 unspecified atom stereocenters. The zero-order chi connectivity index (χ0) is 28.8. The molecule has 0 saturated heterocycles. The Morgan fingerprint density at radius 2 is 1.64 bits per heavy atom. The van der Waals surface area contributed by atoms with Crippen LogP contribution in [0.25, 0.3) is 16.2 Å². The predicted octanol–water partition coefficient (Wildman–Crippen LogP) is 4.40. The lowest BCUT2D eigenvalue weighted by molar-refractivity contribution is 0.477. The highest BCUT2D eigenvalue weighted by Gasteiger charge is 2.28. The first kappa shape index (κ1) is 27.6. The molecule has 2 aromatic carbocycles. The molecule has 0 radical (unpaired) electrons. The largest absolute Gasteiger partial charge is 0.382 e. The van der Waals surface area contributed by atoms with Crippen LogP contribution < -0.4 is 5.73 Å². The molecule has 0 atom stereocenters. The molecule has 14 nitrogen and oxygen atoms in total. The van der Waals surface area contributed by atoms with Gasteiger partial charge in [-0.15, -0.1) is 10.2 Å². The van der Waals surface area contributed by atoms with Gasteiger partial charge in [0.1, 0.15) is 4.90 Å². The highest BCUT2D eigenvalue weighted by molar-refractivity contribution is 7.86. The fourth-order valence-electron chi connectivity index (χ4n) is 3.61. The number of azo groups is 1. The second-order valence-electron chi connectivity index (χ2n) is 9.24. The SMILES string of the molecule is [C-]#[N+]c1cnn(-c2cc(S(=O)(=O)O)ccc2S(=O)(=O)O)c1N=Nc1c(C(C)(C)C)nn(-c2ccccc2)c1N. The van der Waals surface area contributed by atoms with Gasteiger partial charge in [0.25, 0.3) is 25.9 Å². The molecule has 202 valence electrons. The fraction of sp³-hybridized carbons (Fsp3) is 0.174. The molecule has 2 heterocycles. The summed E-state index contributed by atoms with van der Waals surface area (Å²) in [5.74, 6) is -0.161. The van der Waals surface area contributed by atoms with Gasteiger partial charge in [-0.25, -0.2) is 14.2 Å². The van der Waals surface area contributed by atoms with Crippen molar-refractivity contribution in [2.45, 2.75) is 36.0 Å². The molecule has 0 aliphatic rings. The van der Waals surface area contributed by atoms with Crippen molar-refractivity contribution in [3.63, 3.8) is 0 Å². The van der Waals surface area contributed by atoms with E-state index < -0.39 is 41.1 Å². The first-order valence-electron chi connectivity index (χ1n) is 11.0. The van der Waals surface area contributed by atoms with Crippen molar-refractivity contribution in [3.8, 4) is 11.4 Å². The van der Waals surface area contributed by atoms with Gasteiger partial charge < -0.3 is 5.73 Å². The van der Waals surface area contributed by atoms with E-state index in [-0.39, 0.29) is 23.0 Å². The maximum Gasteiger partial charge on any atom is 0.296 e. The van der Waals surface area contributed by atoms with Gasteiger partial charge in [0.2, 0.25) is 0 Å². The topological polar surface area (TPSA) is 199 Å². The summed E-state index contributed by atoms with van der Waals surface area (Å²) in [5, 5.41) is 16.9. The highest BCUT2D eigenvalue weighted by Crippen LogP contribution is 2.40. The second-order valence-corrected chi connectivity index (χ2v) is 12.0. The standard InChI is InChI=1S/C23H22N8O6S2/c1-23(2,3)20-19(21(24)30(29-20)14-8-6-5-7-9-14)27-28-22-16(25-4)13-26-31(22)17-12-15(38(32,33)34)10-11-18(17)39(35,36)37/h5-13H,24H2,1-3H3,(H,32,33,34)(H,35,36,37). The van der Waals surface area contributed by atoms with Crippen molar-refractivity contribution in [3.05, 3.63) is 71.8 Å². The van der Waals surface area contributed by atoms with Crippen LogP contribution in [0.1, 0.15) is 26.5 Å². The molecule has 4 N–H and O–H groups in total. The van der Waals surface area contributed by atoms with Gasteiger partial charge >= 0.3 is 0 Å². The van der Waals surface area contributed by atoms with Crippen LogP contribution in [0.15, 0.2) is 74.7 Å². The minimum Gasteiger partial charge on any atom is -0.382 e. The summed E-state index contributed by atoms with van der Waals surface area (Å²) in [5.41, 5.74) is 6.48. The molecule has 0 saturated carbocycles. The summed E-state index contributed by atoms with van der Waals surface area (Å²) in [6, 6.07) is 11.4. The number of benzene rings is 2. The van der Waals surface area contributed by atoms with Crippen LogP contribution in [-0.2, 0) is 25.7 Å². The first-order chi connectivity index (χ1) is 18.1. The monoisotopic (exact) mass is 570 g/mol. The summed E-state index contributed by atoms with van der Waals surface area (Å²) in [7, 11) is -9.68. The molecule has 39 heavy (non-hydrogen) atoms. The van der Waals surface area contributed by atoms with Crippen molar-refractivity contribution in [1.82, 2.24) is 19.6 Å². The summed E-state index contributed by atoms with van der Waals surface area (Å²) >= 11 is 0. The summed E-state index contributed by atoms with van der Waals surface area (Å²) < 4.78 is 69.1. The van der Waals surface area contributed by atoms with E-state index in [1.54, 1.807) is 12.1 Å². The Kier molecular flexibility index (Phi) is 6.87. The molecule has 0 aliphatic heterocycles. The molecule has 0 bridgehead atoms. The maximum absolute atomic E-state index is 12.1. The van der Waals surface area contributed by atoms with Crippen LogP contribution in [0.2, 0.25) is 0 Å². The predicted molar refractivity (Wildman–Crippen MR) is 140 cm³/mol. The molecule has 4 rings (SSSR count). The van der Waals surface area contributed by atoms with E-state index in [1.807, 2.05) is 39.0 Å². The summed E-state index contributed by atoms with van der Waals surface area (Å²) in [4.78, 5) is 1.88. The summed E-state index contributed by atoms with van der Waals surface area (Å²) in [6.45, 7) is 13.1. The average molecular weight is 571 g/mol. The third-order valence-electron chi connectivity index (χ3n) is 5.43. The number of hydrogen-bond donors (Lipinski definition) is 3. The molecule has 0 amide bonds. The van der Waals surface area contributed by atoms with Gasteiger partial charge in [-0.05, 0) is 30.3 Å². The van der Waals surface area contributed by atoms with E-state index in [9.17, 15) is 25.9 Å². The van der Waals surface area contributed by atoms with Gasteiger partial charge in [-0.2, -0.15) is 27.0 Å². The van der Waals surface area contributed by atoms with Crippen molar-refractivity contribution in [2.75, 3.05) is 5.73 Å². The molecule has 0 aliphatic carbocycles. The number of nitrogens with zero attached hydrogens (tertiary/aromatic N) is 7. The van der Waals surface area contributed by atoms with Crippen LogP contribution in [0.4, 0.5) is 23.0 Å². The van der Waals surface area contributed by atoms with Gasteiger partial charge in [0.05, 0.1) is 34.7 Å². The molecule has 2 aromatic heterocycles. The molecule has 0 fully saturated rings. The van der Waals surface area contributed by atoms with E-state index in [1.165, 1.54) is 4.68 Å². The second kappa shape index (κ2) is 9.71. The van der Waals surface area contributed by atoms with Crippen LogP contribution in [-0.4, -0.2) is 45.5 Å². The number of nitrogen functional groups attached to an aromatic ring is 1. The number of para-hydroxylation sites is 1. The third-order valence-corrected chi connectivity index (χ3v) is 7.18. The minimum atomic E-state index is -4.91. The Morgan fingerprint density at radius 1 is 0.974 bits per heavy atom. The van der Waals surface area contributed by atoms with Crippen LogP contribution in [0, 0.1) is 6.57 Å². The number of aromatic nitrogens is 4. The van der Waals surface area contributed by atoms with Crippen LogP contribution in [0.3, 0.4) is 0 Å². The summed E-state index contributed by atoms with van der Waals surface area (Å²) in [6.07, 6.45) is 1.05. The Balaban J connectivity index is 1.96. The first-order valence-corrected chi connectivity index (χ1v) is 13.9. The number of nitrogens with two attached hydrogens (primary N) is 1. The van der Waals surface area contributed by atoms with E-state index in [2.05, 4.69) is 25.3 Å². The van der Waals surface area contributed by atoms with Crippen molar-refractivity contribution in [1.29, 1.82) is 0 Å². The molecule has 16 heteroatoms. The quantitative estimate of drug-likeness (QED) is 0.171. The average Bonchev–Trinajstić information content (AvgIpc) is 3.42. The van der Waals surface area contributed by atoms with E-state index in [4.69, 9.17) is 12.3 Å².